The topological polar surface area (TPSA) is 74.6 Å². The molecule has 1 aliphatic rings. The summed E-state index contributed by atoms with van der Waals surface area (Å²) in [7, 11) is 1.99. The second-order valence-electron chi connectivity index (χ2n) is 8.96. The first-order chi connectivity index (χ1) is 17.4. The van der Waals surface area contributed by atoms with Crippen molar-refractivity contribution in [2.45, 2.75) is 12.8 Å². The zero-order chi connectivity index (χ0) is 25.2. The van der Waals surface area contributed by atoms with E-state index >= 15 is 0 Å². The Hall–Kier alpha value is -2.94. The fourth-order valence-electron chi connectivity index (χ4n) is 4.45. The van der Waals surface area contributed by atoms with E-state index < -0.39 is 0 Å². The number of piperidine rings is 1. The first-order valence-electron chi connectivity index (χ1n) is 11.7. The number of urea groups is 1. The minimum Gasteiger partial charge on any atom is -0.370 e. The van der Waals surface area contributed by atoms with E-state index in [4.69, 9.17) is 39.8 Å². The molecular formula is C25H24BCl3N6O. The number of aromatic nitrogens is 3. The van der Waals surface area contributed by atoms with Crippen LogP contribution in [0.1, 0.15) is 12.8 Å². The van der Waals surface area contributed by atoms with Crippen molar-refractivity contribution in [3.63, 3.8) is 0 Å². The summed E-state index contributed by atoms with van der Waals surface area (Å²) in [4.78, 5) is 19.5. The van der Waals surface area contributed by atoms with Crippen molar-refractivity contribution in [3.05, 3.63) is 69.8 Å². The van der Waals surface area contributed by atoms with Crippen LogP contribution in [0, 0.1) is 5.92 Å². The molecule has 1 aliphatic heterocycles. The van der Waals surface area contributed by atoms with Gasteiger partial charge in [-0.1, -0.05) is 53.0 Å². The van der Waals surface area contributed by atoms with Crippen LogP contribution in [-0.2, 0) is 0 Å². The number of benzene rings is 2. The lowest BCUT2D eigenvalue weighted by molar-refractivity contribution is 0.180. The lowest BCUT2D eigenvalue weighted by Gasteiger charge is -2.33. The van der Waals surface area contributed by atoms with Crippen LogP contribution in [0.2, 0.25) is 15.1 Å². The quantitative estimate of drug-likeness (QED) is 0.350. The molecule has 0 saturated carbocycles. The summed E-state index contributed by atoms with van der Waals surface area (Å²) in [6.07, 6.45) is 3.76. The fraction of sp³-hybridized carbons (Fsp3) is 0.240. The fourth-order valence-corrected chi connectivity index (χ4v) is 4.98. The summed E-state index contributed by atoms with van der Waals surface area (Å²) in [6, 6.07) is 14.6. The van der Waals surface area contributed by atoms with Gasteiger partial charge in [0.15, 0.2) is 5.65 Å². The molecule has 1 atom stereocenters. The van der Waals surface area contributed by atoms with E-state index in [0.717, 1.165) is 41.0 Å². The van der Waals surface area contributed by atoms with Gasteiger partial charge in [0, 0.05) is 48.2 Å². The van der Waals surface area contributed by atoms with Crippen LogP contribution in [0.25, 0.3) is 16.9 Å². The van der Waals surface area contributed by atoms with Crippen molar-refractivity contribution in [1.29, 1.82) is 0 Å². The standard InChI is InChI=1S/C25H24BCl3N6O/c26-18-13-31-35-23(11-22(33-24(18)35)17-5-1-2-6-19(17)27)30-12-15-4-3-9-34(14-15)25(36)32-16-7-8-20(28)21(29)10-16/h1-2,5-8,10-11,13,15,30H,3-4,9,12,14,26H2,(H,32,36). The molecule has 7 nitrogen and oxygen atoms in total. The van der Waals surface area contributed by atoms with E-state index in [0.29, 0.717) is 40.4 Å². The number of halogens is 3. The second kappa shape index (κ2) is 10.6. The minimum atomic E-state index is -0.145. The van der Waals surface area contributed by atoms with Gasteiger partial charge >= 0.3 is 6.03 Å². The number of anilines is 2. The van der Waals surface area contributed by atoms with Crippen molar-refractivity contribution < 1.29 is 4.79 Å². The smallest absolute Gasteiger partial charge is 0.321 e. The van der Waals surface area contributed by atoms with Gasteiger partial charge in [-0.15, -0.1) is 0 Å². The molecule has 2 aromatic carbocycles. The molecule has 0 bridgehead atoms. The largest absolute Gasteiger partial charge is 0.370 e. The van der Waals surface area contributed by atoms with Crippen LogP contribution in [0.3, 0.4) is 0 Å². The highest BCUT2D eigenvalue weighted by atomic mass is 35.5. The molecule has 3 heterocycles. The number of fused-ring (bicyclic) bond motifs is 1. The third-order valence-corrected chi connectivity index (χ3v) is 7.42. The number of carbonyl (C=O) groups excluding carboxylic acids is 1. The molecule has 0 aliphatic carbocycles. The molecule has 36 heavy (non-hydrogen) atoms. The van der Waals surface area contributed by atoms with Crippen molar-refractivity contribution in [2.75, 3.05) is 30.3 Å². The molecule has 184 valence electrons. The summed E-state index contributed by atoms with van der Waals surface area (Å²) in [5.41, 5.74) is 4.03. The van der Waals surface area contributed by atoms with Crippen molar-refractivity contribution in [2.24, 2.45) is 5.92 Å². The van der Waals surface area contributed by atoms with E-state index in [1.54, 1.807) is 24.4 Å². The molecule has 5 rings (SSSR count). The SMILES string of the molecule is Bc1cnn2c(NCC3CCCN(C(=O)Nc4ccc(Cl)c(Cl)c4)C3)cc(-c3ccccc3Cl)nc12. The van der Waals surface area contributed by atoms with Crippen LogP contribution in [0.15, 0.2) is 54.7 Å². The Balaban J connectivity index is 1.30. The summed E-state index contributed by atoms with van der Waals surface area (Å²) in [5.74, 6) is 1.11. The summed E-state index contributed by atoms with van der Waals surface area (Å²) in [6.45, 7) is 2.04. The summed E-state index contributed by atoms with van der Waals surface area (Å²) in [5, 5.41) is 12.5. The van der Waals surface area contributed by atoms with Crippen molar-refractivity contribution >= 4 is 71.3 Å². The molecule has 2 aromatic heterocycles. The monoisotopic (exact) mass is 540 g/mol. The first kappa shape index (κ1) is 24.7. The van der Waals surface area contributed by atoms with Gasteiger partial charge in [0.05, 0.1) is 15.7 Å². The van der Waals surface area contributed by atoms with Gasteiger partial charge in [-0.05, 0) is 48.5 Å². The average Bonchev–Trinajstić information content (AvgIpc) is 3.26. The van der Waals surface area contributed by atoms with Gasteiger partial charge in [-0.25, -0.2) is 9.78 Å². The maximum atomic E-state index is 12.9. The van der Waals surface area contributed by atoms with E-state index in [1.807, 2.05) is 47.6 Å². The molecule has 2 N–H and O–H groups in total. The van der Waals surface area contributed by atoms with Crippen LogP contribution in [0.4, 0.5) is 16.3 Å². The molecule has 1 unspecified atom stereocenters. The molecule has 1 saturated heterocycles. The Morgan fingerprint density at radius 2 is 1.92 bits per heavy atom. The molecule has 0 spiro atoms. The Morgan fingerprint density at radius 1 is 1.08 bits per heavy atom. The van der Waals surface area contributed by atoms with Crippen LogP contribution in [-0.4, -0.2) is 53.0 Å². The van der Waals surface area contributed by atoms with E-state index in [2.05, 4.69) is 15.7 Å². The van der Waals surface area contributed by atoms with Crippen LogP contribution in [0.5, 0.6) is 0 Å². The molecule has 1 fully saturated rings. The van der Waals surface area contributed by atoms with Crippen LogP contribution < -0.4 is 16.1 Å². The summed E-state index contributed by atoms with van der Waals surface area (Å²) < 4.78 is 1.81. The number of likely N-dealkylation sites (tertiary alicyclic amines) is 1. The van der Waals surface area contributed by atoms with Crippen molar-refractivity contribution in [3.8, 4) is 11.3 Å². The second-order valence-corrected chi connectivity index (χ2v) is 10.2. The van der Waals surface area contributed by atoms with E-state index in [9.17, 15) is 4.79 Å². The van der Waals surface area contributed by atoms with Crippen molar-refractivity contribution in [1.82, 2.24) is 19.5 Å². The third kappa shape index (κ3) is 5.26. The van der Waals surface area contributed by atoms with Gasteiger partial charge in [-0.3, -0.25) is 0 Å². The molecule has 0 radical (unpaired) electrons. The lowest BCUT2D eigenvalue weighted by Crippen LogP contribution is -2.44. The number of rotatable bonds is 5. The Bertz CT molecular complexity index is 1430. The zero-order valence-corrected chi connectivity index (χ0v) is 21.9. The van der Waals surface area contributed by atoms with Gasteiger partial charge in [0.1, 0.15) is 13.7 Å². The van der Waals surface area contributed by atoms with E-state index in [1.165, 1.54) is 0 Å². The highest BCUT2D eigenvalue weighted by Crippen LogP contribution is 2.29. The maximum Gasteiger partial charge on any atom is 0.321 e. The van der Waals surface area contributed by atoms with E-state index in [-0.39, 0.29) is 11.9 Å². The molecular weight excluding hydrogens is 517 g/mol. The normalized spacial score (nSPS) is 15.8. The molecule has 2 amide bonds. The number of hydrogen-bond acceptors (Lipinski definition) is 4. The Kier molecular flexibility index (Phi) is 7.28. The highest BCUT2D eigenvalue weighted by molar-refractivity contribution is 6.42. The first-order valence-corrected chi connectivity index (χ1v) is 12.9. The number of carbonyl (C=O) groups is 1. The number of nitrogens with zero attached hydrogens (tertiary/aromatic N) is 4. The predicted molar refractivity (Wildman–Crippen MR) is 150 cm³/mol. The lowest BCUT2D eigenvalue weighted by atomic mass is 9.98. The number of hydrogen-bond donors (Lipinski definition) is 2. The Labute approximate surface area is 225 Å². The highest BCUT2D eigenvalue weighted by Gasteiger charge is 2.24. The van der Waals surface area contributed by atoms with Gasteiger partial charge in [0.2, 0.25) is 0 Å². The van der Waals surface area contributed by atoms with Crippen LogP contribution >= 0.6 is 34.8 Å². The maximum absolute atomic E-state index is 12.9. The zero-order valence-electron chi connectivity index (χ0n) is 19.6. The molecule has 4 aromatic rings. The predicted octanol–water partition coefficient (Wildman–Crippen LogP) is 4.97. The number of nitrogens with one attached hydrogen (secondary N) is 2. The van der Waals surface area contributed by atoms with Gasteiger partial charge in [0.25, 0.3) is 0 Å². The van der Waals surface area contributed by atoms with Gasteiger partial charge in [-0.2, -0.15) is 9.61 Å². The summed E-state index contributed by atoms with van der Waals surface area (Å²) >= 11 is 18.5. The van der Waals surface area contributed by atoms with Gasteiger partial charge < -0.3 is 15.5 Å². The molecule has 11 heteroatoms. The minimum absolute atomic E-state index is 0.145. The Morgan fingerprint density at radius 3 is 2.72 bits per heavy atom. The average molecular weight is 542 g/mol. The third-order valence-electron chi connectivity index (χ3n) is 6.35. The number of amides is 2.